The van der Waals surface area contributed by atoms with Crippen LogP contribution < -0.4 is 4.90 Å². The Kier molecular flexibility index (Phi) is 8.53. The Hall–Kier alpha value is -8.20. The average molecular weight is 789 g/mol. The number of aromatic nitrogens is 1. The fourth-order valence-electron chi connectivity index (χ4n) is 9.70. The number of para-hydroxylation sites is 2. The quantitative estimate of drug-likeness (QED) is 0.146. The van der Waals surface area contributed by atoms with Gasteiger partial charge < -0.3 is 9.47 Å². The van der Waals surface area contributed by atoms with E-state index < -0.39 is 0 Å². The van der Waals surface area contributed by atoms with Crippen molar-refractivity contribution in [2.24, 2.45) is 0 Å². The van der Waals surface area contributed by atoms with E-state index in [9.17, 15) is 0 Å². The molecule has 1 aromatic heterocycles. The third kappa shape index (κ3) is 5.96. The van der Waals surface area contributed by atoms with Crippen LogP contribution in [-0.2, 0) is 0 Å². The van der Waals surface area contributed by atoms with Crippen molar-refractivity contribution in [1.29, 1.82) is 0 Å². The lowest BCUT2D eigenvalue weighted by Gasteiger charge is -2.27. The van der Waals surface area contributed by atoms with Crippen LogP contribution in [0.1, 0.15) is 0 Å². The Morgan fingerprint density at radius 2 is 0.774 bits per heavy atom. The predicted octanol–water partition coefficient (Wildman–Crippen LogP) is 16.7. The molecular weight excluding hydrogens is 749 g/mol. The molecule has 0 saturated carbocycles. The van der Waals surface area contributed by atoms with Crippen molar-refractivity contribution in [3.8, 4) is 39.1 Å². The predicted molar refractivity (Wildman–Crippen MR) is 264 cm³/mol. The van der Waals surface area contributed by atoms with E-state index in [1.165, 1.54) is 93.2 Å². The molecule has 0 N–H and O–H groups in total. The zero-order chi connectivity index (χ0) is 41.0. The van der Waals surface area contributed by atoms with E-state index in [2.05, 4.69) is 252 Å². The molecule has 0 fully saturated rings. The van der Waals surface area contributed by atoms with Crippen molar-refractivity contribution in [3.05, 3.63) is 243 Å². The fraction of sp³-hybridized carbons (Fsp3) is 0. The van der Waals surface area contributed by atoms with Gasteiger partial charge in [0.1, 0.15) is 0 Å². The molecule has 12 aromatic rings. The van der Waals surface area contributed by atoms with Crippen molar-refractivity contribution in [3.63, 3.8) is 0 Å². The minimum Gasteiger partial charge on any atom is -0.310 e. The highest BCUT2D eigenvalue weighted by molar-refractivity contribution is 6.22. The van der Waals surface area contributed by atoms with E-state index in [4.69, 9.17) is 0 Å². The molecule has 0 spiro atoms. The lowest BCUT2D eigenvalue weighted by atomic mass is 9.85. The van der Waals surface area contributed by atoms with Crippen LogP contribution in [0.15, 0.2) is 243 Å². The summed E-state index contributed by atoms with van der Waals surface area (Å²) < 4.78 is 2.37. The van der Waals surface area contributed by atoms with Gasteiger partial charge in [0.25, 0.3) is 0 Å². The minimum atomic E-state index is 1.09. The molecule has 0 aliphatic carbocycles. The maximum absolute atomic E-state index is 2.42. The number of fused-ring (bicyclic) bond motifs is 7. The molecule has 12 rings (SSSR count). The second-order valence-electron chi connectivity index (χ2n) is 16.1. The largest absolute Gasteiger partial charge is 0.310 e. The molecular formula is C60H40N2. The summed E-state index contributed by atoms with van der Waals surface area (Å²) in [6.45, 7) is 0. The molecule has 0 aliphatic rings. The van der Waals surface area contributed by atoms with Gasteiger partial charge in [-0.2, -0.15) is 0 Å². The minimum absolute atomic E-state index is 1.09. The lowest BCUT2D eigenvalue weighted by molar-refractivity contribution is 1.18. The molecule has 11 aromatic carbocycles. The standard InChI is InChI=1S/C60H40N2/c1-4-17-43(18-5-1)59-54-26-13-12-24-51(54)52-36-35-50(40-56(52)60(59)44-19-6-2-7-20-44)61(49-34-30-41-16-10-11-21-45(41)38-49)48-32-28-42(29-33-48)46-31-37-58-55(39-46)53-25-14-15-27-57(53)62(58)47-22-8-3-9-23-47/h1-40H. The molecule has 62 heavy (non-hydrogen) atoms. The molecule has 1 heterocycles. The Morgan fingerprint density at radius 3 is 1.52 bits per heavy atom. The van der Waals surface area contributed by atoms with Crippen molar-refractivity contribution in [2.75, 3.05) is 4.90 Å². The summed E-state index contributed by atoms with van der Waals surface area (Å²) in [5.74, 6) is 0. The summed E-state index contributed by atoms with van der Waals surface area (Å²) in [6, 6.07) is 88.5. The first kappa shape index (κ1) is 35.7. The van der Waals surface area contributed by atoms with E-state index in [0.717, 1.165) is 17.1 Å². The monoisotopic (exact) mass is 788 g/mol. The Morgan fingerprint density at radius 1 is 0.258 bits per heavy atom. The van der Waals surface area contributed by atoms with E-state index in [-0.39, 0.29) is 0 Å². The van der Waals surface area contributed by atoms with E-state index in [0.29, 0.717) is 0 Å². The number of nitrogens with zero attached hydrogens (tertiary/aromatic N) is 2. The molecule has 0 radical (unpaired) electrons. The number of rotatable bonds is 7. The van der Waals surface area contributed by atoms with Crippen LogP contribution in [0.2, 0.25) is 0 Å². The third-order valence-electron chi connectivity index (χ3n) is 12.5. The first-order valence-corrected chi connectivity index (χ1v) is 21.3. The van der Waals surface area contributed by atoms with Gasteiger partial charge in [-0.15, -0.1) is 0 Å². The maximum atomic E-state index is 2.42. The van der Waals surface area contributed by atoms with E-state index >= 15 is 0 Å². The van der Waals surface area contributed by atoms with Gasteiger partial charge in [-0.3, -0.25) is 0 Å². The second-order valence-corrected chi connectivity index (χ2v) is 16.1. The molecule has 290 valence electrons. The third-order valence-corrected chi connectivity index (χ3v) is 12.5. The van der Waals surface area contributed by atoms with E-state index in [1.807, 2.05) is 0 Å². The highest BCUT2D eigenvalue weighted by Crippen LogP contribution is 2.47. The van der Waals surface area contributed by atoms with Gasteiger partial charge in [0, 0.05) is 33.5 Å². The maximum Gasteiger partial charge on any atom is 0.0541 e. The molecule has 2 nitrogen and oxygen atoms in total. The number of benzene rings is 11. The Bertz CT molecular complexity index is 3610. The van der Waals surface area contributed by atoms with Crippen molar-refractivity contribution in [1.82, 2.24) is 4.57 Å². The topological polar surface area (TPSA) is 8.17 Å². The molecule has 0 aliphatic heterocycles. The molecule has 0 unspecified atom stereocenters. The summed E-state index contributed by atoms with van der Waals surface area (Å²) in [5, 5.41) is 9.88. The van der Waals surface area contributed by atoms with E-state index in [1.54, 1.807) is 0 Å². The van der Waals surface area contributed by atoms with Gasteiger partial charge in [-0.05, 0) is 132 Å². The summed E-state index contributed by atoms with van der Waals surface area (Å²) in [4.78, 5) is 2.42. The summed E-state index contributed by atoms with van der Waals surface area (Å²) in [7, 11) is 0. The highest BCUT2D eigenvalue weighted by Gasteiger charge is 2.21. The first-order valence-electron chi connectivity index (χ1n) is 21.3. The Balaban J connectivity index is 1.05. The van der Waals surface area contributed by atoms with Gasteiger partial charge >= 0.3 is 0 Å². The molecule has 2 heteroatoms. The van der Waals surface area contributed by atoms with Gasteiger partial charge in [-0.1, -0.05) is 176 Å². The van der Waals surface area contributed by atoms with Gasteiger partial charge in [0.05, 0.1) is 11.0 Å². The number of anilines is 3. The van der Waals surface area contributed by atoms with Gasteiger partial charge in [0.2, 0.25) is 0 Å². The molecule has 0 amide bonds. The average Bonchev–Trinajstić information content (AvgIpc) is 3.68. The van der Waals surface area contributed by atoms with Crippen LogP contribution in [0.4, 0.5) is 17.1 Å². The van der Waals surface area contributed by atoms with Crippen molar-refractivity contribution in [2.45, 2.75) is 0 Å². The first-order chi connectivity index (χ1) is 30.8. The zero-order valence-corrected chi connectivity index (χ0v) is 34.0. The second kappa shape index (κ2) is 14.8. The smallest absolute Gasteiger partial charge is 0.0541 e. The lowest BCUT2D eigenvalue weighted by Crippen LogP contribution is -2.10. The normalized spacial score (nSPS) is 11.5. The number of hydrogen-bond acceptors (Lipinski definition) is 1. The Labute approximate surface area is 360 Å². The van der Waals surface area contributed by atoms with Crippen LogP contribution in [-0.4, -0.2) is 4.57 Å². The van der Waals surface area contributed by atoms with Crippen LogP contribution >= 0.6 is 0 Å². The molecule has 0 saturated heterocycles. The highest BCUT2D eigenvalue weighted by atomic mass is 15.1. The summed E-state index contributed by atoms with van der Waals surface area (Å²) >= 11 is 0. The van der Waals surface area contributed by atoms with Gasteiger partial charge in [0.15, 0.2) is 0 Å². The SMILES string of the molecule is c1ccc(-c2c(-c3ccccc3)c3cc(N(c4ccc(-c5ccc6c(c5)c5ccccc5n6-c5ccccc5)cc4)c4ccc5ccccc5c4)ccc3c3ccccc23)cc1. The van der Waals surface area contributed by atoms with Crippen LogP contribution in [0.5, 0.6) is 0 Å². The van der Waals surface area contributed by atoms with Crippen LogP contribution in [0.3, 0.4) is 0 Å². The van der Waals surface area contributed by atoms with Gasteiger partial charge in [-0.25, -0.2) is 0 Å². The van der Waals surface area contributed by atoms with Crippen molar-refractivity contribution >= 4 is 71.2 Å². The zero-order valence-electron chi connectivity index (χ0n) is 34.0. The van der Waals surface area contributed by atoms with Crippen molar-refractivity contribution < 1.29 is 0 Å². The summed E-state index contributed by atoms with van der Waals surface area (Å²) in [5.41, 5.74) is 14.1. The summed E-state index contributed by atoms with van der Waals surface area (Å²) in [6.07, 6.45) is 0. The van der Waals surface area contributed by atoms with Crippen LogP contribution in [0.25, 0.3) is 93.2 Å². The fourth-order valence-corrected chi connectivity index (χ4v) is 9.70. The van der Waals surface area contributed by atoms with Crippen LogP contribution in [0, 0.1) is 0 Å². The number of hydrogen-bond donors (Lipinski definition) is 0. The molecule has 0 atom stereocenters. The molecule has 0 bridgehead atoms.